The lowest BCUT2D eigenvalue weighted by Gasteiger charge is -2.32. The molecule has 1 saturated carbocycles. The third-order valence-electron chi connectivity index (χ3n) is 2.30. The van der Waals surface area contributed by atoms with Crippen LogP contribution >= 0.6 is 0 Å². The van der Waals surface area contributed by atoms with Gasteiger partial charge in [-0.2, -0.15) is 0 Å². The lowest BCUT2D eigenvalue weighted by atomic mass is 9.90. The molecule has 13 heavy (non-hydrogen) atoms. The van der Waals surface area contributed by atoms with Crippen LogP contribution in [0.25, 0.3) is 0 Å². The normalized spacial score (nSPS) is 26.7. The highest BCUT2D eigenvalue weighted by atomic mass is 16.5. The number of hydrogen-bond acceptors (Lipinski definition) is 3. The van der Waals surface area contributed by atoms with Gasteiger partial charge >= 0.3 is 0 Å². The van der Waals surface area contributed by atoms with Crippen LogP contribution < -0.4 is 5.73 Å². The highest BCUT2D eigenvalue weighted by molar-refractivity contribution is 5.75. The van der Waals surface area contributed by atoms with E-state index >= 15 is 0 Å². The van der Waals surface area contributed by atoms with Crippen LogP contribution in [-0.2, 0) is 9.53 Å². The number of nitrogens with zero attached hydrogens (tertiary/aromatic N) is 1. The topological polar surface area (TPSA) is 55.6 Å². The van der Waals surface area contributed by atoms with Crippen molar-refractivity contribution in [1.82, 2.24) is 4.90 Å². The summed E-state index contributed by atoms with van der Waals surface area (Å²) in [5.74, 6) is 0.114. The molecule has 0 aromatic heterocycles. The Balaban J connectivity index is 1.98. The summed E-state index contributed by atoms with van der Waals surface area (Å²) in [4.78, 5) is 12.7. The maximum atomic E-state index is 11.1. The van der Waals surface area contributed by atoms with Crippen LogP contribution in [0.15, 0.2) is 0 Å². The summed E-state index contributed by atoms with van der Waals surface area (Å²) < 4.78 is 5.44. The van der Waals surface area contributed by atoms with Crippen molar-refractivity contribution in [3.63, 3.8) is 0 Å². The zero-order chi connectivity index (χ0) is 9.84. The van der Waals surface area contributed by atoms with Gasteiger partial charge in [0.2, 0.25) is 5.91 Å². The predicted molar refractivity (Wildman–Crippen MR) is 50.3 cm³/mol. The number of hydrogen-bond donors (Lipinski definition) is 1. The number of amides is 1. The van der Waals surface area contributed by atoms with Crippen LogP contribution in [0.1, 0.15) is 19.3 Å². The Bertz CT molecular complexity index is 176. The average Bonchev–Trinajstić information content (AvgIpc) is 2.00. The molecule has 1 rings (SSSR count). The van der Waals surface area contributed by atoms with Crippen molar-refractivity contribution in [3.8, 4) is 0 Å². The van der Waals surface area contributed by atoms with Gasteiger partial charge in [-0.25, -0.2) is 0 Å². The second kappa shape index (κ2) is 4.58. The molecule has 1 aliphatic carbocycles. The minimum Gasteiger partial charge on any atom is -0.378 e. The lowest BCUT2D eigenvalue weighted by Crippen LogP contribution is -2.42. The first-order valence-electron chi connectivity index (χ1n) is 4.67. The maximum Gasteiger partial charge on any atom is 0.224 e. The van der Waals surface area contributed by atoms with Crippen molar-refractivity contribution < 1.29 is 9.53 Å². The van der Waals surface area contributed by atoms with Gasteiger partial charge in [-0.3, -0.25) is 4.79 Å². The van der Waals surface area contributed by atoms with Crippen molar-refractivity contribution in [2.24, 2.45) is 5.73 Å². The van der Waals surface area contributed by atoms with Crippen LogP contribution in [0.5, 0.6) is 0 Å². The molecule has 76 valence electrons. The monoisotopic (exact) mass is 186 g/mol. The molecule has 0 aliphatic heterocycles. The van der Waals surface area contributed by atoms with Crippen molar-refractivity contribution in [3.05, 3.63) is 0 Å². The smallest absolute Gasteiger partial charge is 0.224 e. The molecule has 4 nitrogen and oxygen atoms in total. The van der Waals surface area contributed by atoms with E-state index in [9.17, 15) is 4.79 Å². The molecule has 0 unspecified atom stereocenters. The molecule has 0 aromatic rings. The van der Waals surface area contributed by atoms with E-state index in [1.807, 2.05) is 0 Å². The van der Waals surface area contributed by atoms with Crippen molar-refractivity contribution in [1.29, 1.82) is 0 Å². The Hall–Kier alpha value is -0.610. The highest BCUT2D eigenvalue weighted by Gasteiger charge is 2.26. The van der Waals surface area contributed by atoms with Crippen LogP contribution in [0.3, 0.4) is 0 Å². The summed E-state index contributed by atoms with van der Waals surface area (Å²) in [6.07, 6.45) is 2.65. The SMILES string of the molecule is CN(C)C(=O)CCOC1CC(N)C1. The maximum absolute atomic E-state index is 11.1. The van der Waals surface area contributed by atoms with Gasteiger partial charge in [-0.15, -0.1) is 0 Å². The van der Waals surface area contributed by atoms with Gasteiger partial charge in [0.15, 0.2) is 0 Å². The minimum absolute atomic E-state index is 0.114. The van der Waals surface area contributed by atoms with Crippen molar-refractivity contribution in [2.75, 3.05) is 20.7 Å². The molecular formula is C9H18N2O2. The number of ether oxygens (including phenoxy) is 1. The predicted octanol–water partition coefficient (Wildman–Crippen LogP) is -0.0290. The number of carbonyl (C=O) groups is 1. The first kappa shape index (κ1) is 10.5. The van der Waals surface area contributed by atoms with Gasteiger partial charge < -0.3 is 15.4 Å². The third-order valence-corrected chi connectivity index (χ3v) is 2.30. The Morgan fingerprint density at radius 2 is 2.15 bits per heavy atom. The molecule has 4 heteroatoms. The van der Waals surface area contributed by atoms with E-state index in [2.05, 4.69) is 0 Å². The van der Waals surface area contributed by atoms with E-state index in [1.54, 1.807) is 19.0 Å². The van der Waals surface area contributed by atoms with Crippen molar-refractivity contribution in [2.45, 2.75) is 31.4 Å². The van der Waals surface area contributed by atoms with Crippen molar-refractivity contribution >= 4 is 5.91 Å². The molecule has 0 aromatic carbocycles. The van der Waals surface area contributed by atoms with Gasteiger partial charge in [0.1, 0.15) is 0 Å². The summed E-state index contributed by atoms with van der Waals surface area (Å²) in [6.45, 7) is 0.522. The molecule has 0 radical (unpaired) electrons. The third kappa shape index (κ3) is 3.32. The van der Waals surface area contributed by atoms with Gasteiger partial charge in [-0.1, -0.05) is 0 Å². The summed E-state index contributed by atoms with van der Waals surface area (Å²) >= 11 is 0. The first-order chi connectivity index (χ1) is 6.09. The largest absolute Gasteiger partial charge is 0.378 e. The van der Waals surface area contributed by atoms with Crippen LogP contribution in [0.2, 0.25) is 0 Å². The molecule has 1 aliphatic rings. The van der Waals surface area contributed by atoms with E-state index < -0.39 is 0 Å². The molecule has 1 amide bonds. The van der Waals surface area contributed by atoms with Gasteiger partial charge in [0.25, 0.3) is 0 Å². The Morgan fingerprint density at radius 1 is 1.54 bits per heavy atom. The zero-order valence-electron chi connectivity index (χ0n) is 8.32. The highest BCUT2D eigenvalue weighted by Crippen LogP contribution is 2.21. The summed E-state index contributed by atoms with van der Waals surface area (Å²) in [7, 11) is 3.50. The Labute approximate surface area is 79.0 Å². The molecule has 0 saturated heterocycles. The van der Waals surface area contributed by atoms with Gasteiger partial charge in [0, 0.05) is 20.1 Å². The van der Waals surface area contributed by atoms with Gasteiger partial charge in [0.05, 0.1) is 19.1 Å². The Kier molecular flexibility index (Phi) is 3.69. The van der Waals surface area contributed by atoms with E-state index in [0.717, 1.165) is 12.8 Å². The molecule has 1 fully saturated rings. The first-order valence-corrected chi connectivity index (χ1v) is 4.67. The standard InChI is InChI=1S/C9H18N2O2/c1-11(2)9(12)3-4-13-8-5-7(10)6-8/h7-8H,3-6,10H2,1-2H3. The summed E-state index contributed by atoms with van der Waals surface area (Å²) in [6, 6.07) is 0.314. The fourth-order valence-corrected chi connectivity index (χ4v) is 1.28. The second-order valence-electron chi connectivity index (χ2n) is 3.76. The molecular weight excluding hydrogens is 168 g/mol. The zero-order valence-corrected chi connectivity index (χ0v) is 8.32. The molecule has 2 N–H and O–H groups in total. The second-order valence-corrected chi connectivity index (χ2v) is 3.76. The summed E-state index contributed by atoms with van der Waals surface area (Å²) in [5, 5.41) is 0. The van der Waals surface area contributed by atoms with Crippen LogP contribution in [0, 0.1) is 0 Å². The van der Waals surface area contributed by atoms with Crippen LogP contribution in [-0.4, -0.2) is 43.7 Å². The fourth-order valence-electron chi connectivity index (χ4n) is 1.28. The van der Waals surface area contributed by atoms with E-state index in [-0.39, 0.29) is 5.91 Å². The van der Waals surface area contributed by atoms with Gasteiger partial charge in [-0.05, 0) is 12.8 Å². The average molecular weight is 186 g/mol. The lowest BCUT2D eigenvalue weighted by molar-refractivity contribution is -0.130. The van der Waals surface area contributed by atoms with E-state index in [0.29, 0.717) is 25.2 Å². The molecule has 0 atom stereocenters. The molecule has 0 bridgehead atoms. The molecule has 0 spiro atoms. The van der Waals surface area contributed by atoms with E-state index in [4.69, 9.17) is 10.5 Å². The summed E-state index contributed by atoms with van der Waals surface area (Å²) in [5.41, 5.74) is 5.59. The number of nitrogens with two attached hydrogens (primary N) is 1. The number of carbonyl (C=O) groups excluding carboxylic acids is 1. The quantitative estimate of drug-likeness (QED) is 0.671. The van der Waals surface area contributed by atoms with Crippen LogP contribution in [0.4, 0.5) is 0 Å². The van der Waals surface area contributed by atoms with E-state index in [1.165, 1.54) is 0 Å². The Morgan fingerprint density at radius 3 is 2.62 bits per heavy atom. The fraction of sp³-hybridized carbons (Fsp3) is 0.889. The minimum atomic E-state index is 0.114. The molecule has 0 heterocycles. The number of rotatable bonds is 4.